The molecule has 0 aromatic carbocycles. The van der Waals surface area contributed by atoms with E-state index in [1.54, 1.807) is 0 Å². The highest BCUT2D eigenvalue weighted by atomic mass is 32.2. The molecule has 118 valence electrons. The van der Waals surface area contributed by atoms with Gasteiger partial charge in [-0.15, -0.1) is 0 Å². The van der Waals surface area contributed by atoms with E-state index in [1.165, 1.54) is 16.8 Å². The van der Waals surface area contributed by atoms with Crippen LogP contribution in [0.25, 0.3) is 0 Å². The van der Waals surface area contributed by atoms with Gasteiger partial charge >= 0.3 is 5.97 Å². The van der Waals surface area contributed by atoms with Crippen LogP contribution in [0, 0.1) is 0 Å². The Morgan fingerprint density at radius 1 is 1.43 bits per heavy atom. The second-order valence-electron chi connectivity index (χ2n) is 5.65. The SMILES string of the molecule is CCCn1cc(S(=O)(=O)NC2(CC)CCC2)cc1C(=O)O. The van der Waals surface area contributed by atoms with Crippen molar-refractivity contribution in [1.82, 2.24) is 9.29 Å². The molecule has 1 fully saturated rings. The summed E-state index contributed by atoms with van der Waals surface area (Å²) in [7, 11) is -3.68. The maximum Gasteiger partial charge on any atom is 0.352 e. The van der Waals surface area contributed by atoms with Crippen LogP contribution in [-0.4, -0.2) is 29.6 Å². The van der Waals surface area contributed by atoms with E-state index in [4.69, 9.17) is 0 Å². The average molecular weight is 314 g/mol. The first-order chi connectivity index (χ1) is 9.83. The van der Waals surface area contributed by atoms with Crippen molar-refractivity contribution >= 4 is 16.0 Å². The molecule has 1 aliphatic carbocycles. The van der Waals surface area contributed by atoms with Crippen LogP contribution in [0.1, 0.15) is 56.4 Å². The van der Waals surface area contributed by atoms with Crippen molar-refractivity contribution in [2.75, 3.05) is 0 Å². The molecule has 1 saturated carbocycles. The number of carboxylic acid groups (broad SMARTS) is 1. The quantitative estimate of drug-likeness (QED) is 0.807. The summed E-state index contributed by atoms with van der Waals surface area (Å²) in [5.74, 6) is -1.11. The molecule has 0 aliphatic heterocycles. The molecule has 0 saturated heterocycles. The highest BCUT2D eigenvalue weighted by molar-refractivity contribution is 7.89. The number of carboxylic acids is 1. The van der Waals surface area contributed by atoms with Crippen LogP contribution in [0.5, 0.6) is 0 Å². The third-order valence-corrected chi connectivity index (χ3v) is 5.75. The van der Waals surface area contributed by atoms with E-state index >= 15 is 0 Å². The lowest BCUT2D eigenvalue weighted by Gasteiger charge is -2.41. The van der Waals surface area contributed by atoms with Crippen LogP contribution >= 0.6 is 0 Å². The second kappa shape index (κ2) is 5.81. The summed E-state index contributed by atoms with van der Waals surface area (Å²) >= 11 is 0. The third kappa shape index (κ3) is 3.13. The molecule has 7 heteroatoms. The number of nitrogens with one attached hydrogen (secondary N) is 1. The van der Waals surface area contributed by atoms with Crippen LogP contribution in [0.2, 0.25) is 0 Å². The minimum atomic E-state index is -3.68. The lowest BCUT2D eigenvalue weighted by atomic mass is 9.76. The number of sulfonamides is 1. The Bertz CT molecular complexity index is 624. The van der Waals surface area contributed by atoms with E-state index in [0.29, 0.717) is 6.54 Å². The van der Waals surface area contributed by atoms with Gasteiger partial charge in [-0.2, -0.15) is 0 Å². The monoisotopic (exact) mass is 314 g/mol. The van der Waals surface area contributed by atoms with Gasteiger partial charge in [0.05, 0.1) is 0 Å². The molecule has 2 rings (SSSR count). The number of carbonyl (C=O) groups is 1. The van der Waals surface area contributed by atoms with Crippen LogP contribution in [0.4, 0.5) is 0 Å². The minimum Gasteiger partial charge on any atom is -0.477 e. The number of rotatable bonds is 7. The molecular formula is C14H22N2O4S. The van der Waals surface area contributed by atoms with Crippen molar-refractivity contribution in [2.24, 2.45) is 0 Å². The Labute approximate surface area is 125 Å². The highest BCUT2D eigenvalue weighted by Gasteiger charge is 2.39. The van der Waals surface area contributed by atoms with Gasteiger partial charge in [-0.3, -0.25) is 0 Å². The number of aryl methyl sites for hydroxylation is 1. The van der Waals surface area contributed by atoms with Crippen molar-refractivity contribution < 1.29 is 18.3 Å². The fourth-order valence-electron chi connectivity index (χ4n) is 2.71. The molecule has 1 aliphatic rings. The van der Waals surface area contributed by atoms with Gasteiger partial charge in [0, 0.05) is 18.3 Å². The molecule has 2 N–H and O–H groups in total. The zero-order valence-electron chi connectivity index (χ0n) is 12.4. The zero-order chi connectivity index (χ0) is 15.7. The van der Waals surface area contributed by atoms with Crippen molar-refractivity contribution in [3.8, 4) is 0 Å². The van der Waals surface area contributed by atoms with Crippen molar-refractivity contribution in [3.05, 3.63) is 18.0 Å². The lowest BCUT2D eigenvalue weighted by Crippen LogP contribution is -2.52. The smallest absolute Gasteiger partial charge is 0.352 e. The van der Waals surface area contributed by atoms with Crippen LogP contribution in [0.15, 0.2) is 17.2 Å². The predicted octanol–water partition coefficient (Wildman–Crippen LogP) is 2.21. The number of hydrogen-bond acceptors (Lipinski definition) is 3. The number of aromatic nitrogens is 1. The van der Waals surface area contributed by atoms with E-state index in [2.05, 4.69) is 4.72 Å². The third-order valence-electron chi connectivity index (χ3n) is 4.20. The Hall–Kier alpha value is -1.34. The molecule has 21 heavy (non-hydrogen) atoms. The largest absolute Gasteiger partial charge is 0.477 e. The Kier molecular flexibility index (Phi) is 4.43. The summed E-state index contributed by atoms with van der Waals surface area (Å²) in [5.41, 5.74) is -0.342. The van der Waals surface area contributed by atoms with Gasteiger partial charge in [0.2, 0.25) is 10.0 Å². The topological polar surface area (TPSA) is 88.4 Å². The van der Waals surface area contributed by atoms with Gasteiger partial charge < -0.3 is 9.67 Å². The lowest BCUT2D eigenvalue weighted by molar-refractivity contribution is 0.0685. The summed E-state index contributed by atoms with van der Waals surface area (Å²) in [6.07, 6.45) is 5.59. The Balaban J connectivity index is 2.31. The summed E-state index contributed by atoms with van der Waals surface area (Å²) in [5, 5.41) is 9.17. The normalized spacial score (nSPS) is 17.4. The first-order valence-electron chi connectivity index (χ1n) is 7.31. The summed E-state index contributed by atoms with van der Waals surface area (Å²) in [6, 6.07) is 1.24. The molecule has 1 heterocycles. The Morgan fingerprint density at radius 3 is 2.52 bits per heavy atom. The van der Waals surface area contributed by atoms with Gasteiger partial charge in [0.25, 0.3) is 0 Å². The molecule has 6 nitrogen and oxygen atoms in total. The maximum atomic E-state index is 12.5. The number of hydrogen-bond donors (Lipinski definition) is 2. The first-order valence-corrected chi connectivity index (χ1v) is 8.79. The van der Waals surface area contributed by atoms with E-state index in [9.17, 15) is 18.3 Å². The van der Waals surface area contributed by atoms with Gasteiger partial charge in [0.1, 0.15) is 10.6 Å². The molecule has 0 bridgehead atoms. The standard InChI is InChI=1S/C14H22N2O4S/c1-3-8-16-10-11(9-12(16)13(17)18)21(19,20)15-14(4-2)6-5-7-14/h9-10,15H,3-8H2,1-2H3,(H,17,18). The molecule has 0 spiro atoms. The predicted molar refractivity (Wildman–Crippen MR) is 78.9 cm³/mol. The van der Waals surface area contributed by atoms with E-state index < -0.39 is 16.0 Å². The van der Waals surface area contributed by atoms with Gasteiger partial charge in [-0.1, -0.05) is 13.8 Å². The fourth-order valence-corrected chi connectivity index (χ4v) is 4.28. The molecule has 0 atom stereocenters. The number of nitrogens with zero attached hydrogens (tertiary/aromatic N) is 1. The Morgan fingerprint density at radius 2 is 2.10 bits per heavy atom. The molecule has 0 radical (unpaired) electrons. The molecule has 1 aromatic rings. The van der Waals surface area contributed by atoms with Crippen LogP contribution in [-0.2, 0) is 16.6 Å². The van der Waals surface area contributed by atoms with E-state index in [-0.39, 0.29) is 16.1 Å². The zero-order valence-corrected chi connectivity index (χ0v) is 13.2. The second-order valence-corrected chi connectivity index (χ2v) is 7.33. The number of aromatic carboxylic acids is 1. The summed E-state index contributed by atoms with van der Waals surface area (Å²) < 4.78 is 29.2. The molecule has 0 amide bonds. The molecule has 0 unspecified atom stereocenters. The summed E-state index contributed by atoms with van der Waals surface area (Å²) in [6.45, 7) is 4.36. The van der Waals surface area contributed by atoms with Crippen molar-refractivity contribution in [1.29, 1.82) is 0 Å². The van der Waals surface area contributed by atoms with Gasteiger partial charge in [-0.05, 0) is 38.2 Å². The van der Waals surface area contributed by atoms with Gasteiger partial charge in [0.15, 0.2) is 0 Å². The summed E-state index contributed by atoms with van der Waals surface area (Å²) in [4.78, 5) is 11.2. The van der Waals surface area contributed by atoms with Gasteiger partial charge in [-0.25, -0.2) is 17.9 Å². The maximum absolute atomic E-state index is 12.5. The van der Waals surface area contributed by atoms with E-state index in [1.807, 2.05) is 13.8 Å². The first kappa shape index (κ1) is 16.0. The van der Waals surface area contributed by atoms with E-state index in [0.717, 1.165) is 32.1 Å². The van der Waals surface area contributed by atoms with Crippen molar-refractivity contribution in [3.63, 3.8) is 0 Å². The van der Waals surface area contributed by atoms with Crippen molar-refractivity contribution in [2.45, 2.75) is 62.9 Å². The molecule has 1 aromatic heterocycles. The molecular weight excluding hydrogens is 292 g/mol. The highest BCUT2D eigenvalue weighted by Crippen LogP contribution is 2.36. The minimum absolute atomic E-state index is 0.0105. The fraction of sp³-hybridized carbons (Fsp3) is 0.643. The van der Waals surface area contributed by atoms with Crippen LogP contribution in [0.3, 0.4) is 0 Å². The average Bonchev–Trinajstić information content (AvgIpc) is 2.79. The van der Waals surface area contributed by atoms with Crippen LogP contribution < -0.4 is 4.72 Å².